The fourth-order valence-corrected chi connectivity index (χ4v) is 1.98. The van der Waals surface area contributed by atoms with Gasteiger partial charge in [-0.05, 0) is 28.9 Å². The molecular weight excluding hydrogens is 328 g/mol. The number of benzene rings is 1. The molecule has 0 atom stereocenters. The molecule has 0 heterocycles. The number of aliphatic hydroxyl groups is 1. The van der Waals surface area contributed by atoms with Gasteiger partial charge in [-0.25, -0.2) is 0 Å². The van der Waals surface area contributed by atoms with Crippen LogP contribution in [0.4, 0.5) is 0 Å². The van der Waals surface area contributed by atoms with Gasteiger partial charge in [0.05, 0.1) is 29.3 Å². The van der Waals surface area contributed by atoms with E-state index in [4.69, 9.17) is 19.8 Å². The fraction of sp³-hybridized carbons (Fsp3) is 0.385. The lowest BCUT2D eigenvalue weighted by Crippen LogP contribution is -2.31. The third kappa shape index (κ3) is 4.72. The van der Waals surface area contributed by atoms with Crippen molar-refractivity contribution in [3.63, 3.8) is 0 Å². The Labute approximate surface area is 125 Å². The Morgan fingerprint density at radius 1 is 1.50 bits per heavy atom. The van der Waals surface area contributed by atoms with E-state index in [9.17, 15) is 4.79 Å². The lowest BCUT2D eigenvalue weighted by molar-refractivity contribution is -0.123. The third-order valence-electron chi connectivity index (χ3n) is 2.22. The summed E-state index contributed by atoms with van der Waals surface area (Å²) in [7, 11) is 0. The Balaban J connectivity index is 2.82. The van der Waals surface area contributed by atoms with Crippen LogP contribution in [-0.2, 0) is 4.79 Å². The van der Waals surface area contributed by atoms with Gasteiger partial charge in [0.15, 0.2) is 18.1 Å². The van der Waals surface area contributed by atoms with Crippen molar-refractivity contribution in [3.8, 4) is 17.6 Å². The average molecular weight is 343 g/mol. The van der Waals surface area contributed by atoms with Gasteiger partial charge in [-0.3, -0.25) is 4.79 Å². The van der Waals surface area contributed by atoms with Crippen molar-refractivity contribution in [2.24, 2.45) is 0 Å². The highest BCUT2D eigenvalue weighted by Crippen LogP contribution is 2.36. The lowest BCUT2D eigenvalue weighted by atomic mass is 10.2. The summed E-state index contributed by atoms with van der Waals surface area (Å²) in [6.07, 6.45) is 0. The van der Waals surface area contributed by atoms with E-state index in [0.29, 0.717) is 28.1 Å². The summed E-state index contributed by atoms with van der Waals surface area (Å²) >= 11 is 3.28. The number of nitrogens with zero attached hydrogens (tertiary/aromatic N) is 1. The molecule has 1 aromatic carbocycles. The molecule has 1 rings (SSSR count). The van der Waals surface area contributed by atoms with E-state index in [1.807, 2.05) is 13.0 Å². The lowest BCUT2D eigenvalue weighted by Gasteiger charge is -2.13. The molecule has 0 aliphatic rings. The van der Waals surface area contributed by atoms with Gasteiger partial charge < -0.3 is 19.9 Å². The minimum Gasteiger partial charge on any atom is -0.490 e. The maximum absolute atomic E-state index is 11.4. The number of halogens is 1. The minimum atomic E-state index is -0.349. The smallest absolute Gasteiger partial charge is 0.258 e. The molecule has 0 unspecified atom stereocenters. The number of aliphatic hydroxyl groups excluding tert-OH is 1. The zero-order valence-corrected chi connectivity index (χ0v) is 12.6. The second-order valence-electron chi connectivity index (χ2n) is 3.69. The molecule has 0 aliphatic heterocycles. The predicted molar refractivity (Wildman–Crippen MR) is 75.6 cm³/mol. The SMILES string of the molecule is CCOc1cc(C#N)cc(Br)c1OCC(=O)NCCO. The van der Waals surface area contributed by atoms with Crippen LogP contribution in [0.1, 0.15) is 12.5 Å². The van der Waals surface area contributed by atoms with Crippen molar-refractivity contribution in [3.05, 3.63) is 22.2 Å². The van der Waals surface area contributed by atoms with Gasteiger partial charge in [0.1, 0.15) is 0 Å². The van der Waals surface area contributed by atoms with E-state index in [-0.39, 0.29) is 25.7 Å². The molecule has 0 spiro atoms. The van der Waals surface area contributed by atoms with E-state index in [1.165, 1.54) is 0 Å². The zero-order chi connectivity index (χ0) is 15.0. The number of hydrogen-bond donors (Lipinski definition) is 2. The summed E-state index contributed by atoms with van der Waals surface area (Å²) in [6.45, 7) is 2.06. The molecule has 108 valence electrons. The summed E-state index contributed by atoms with van der Waals surface area (Å²) in [5, 5.41) is 20.0. The highest BCUT2D eigenvalue weighted by atomic mass is 79.9. The zero-order valence-electron chi connectivity index (χ0n) is 11.0. The van der Waals surface area contributed by atoms with Crippen molar-refractivity contribution in [2.75, 3.05) is 26.4 Å². The van der Waals surface area contributed by atoms with Crippen LogP contribution in [0.15, 0.2) is 16.6 Å². The van der Waals surface area contributed by atoms with Crippen LogP contribution in [0.3, 0.4) is 0 Å². The van der Waals surface area contributed by atoms with Crippen LogP contribution in [0, 0.1) is 11.3 Å². The summed E-state index contributed by atoms with van der Waals surface area (Å²) < 4.78 is 11.3. The van der Waals surface area contributed by atoms with E-state index >= 15 is 0 Å². The number of amides is 1. The Hall–Kier alpha value is -1.78. The normalized spacial score (nSPS) is 9.70. The molecule has 0 saturated carbocycles. The van der Waals surface area contributed by atoms with Crippen LogP contribution >= 0.6 is 15.9 Å². The van der Waals surface area contributed by atoms with Gasteiger partial charge in [0.25, 0.3) is 5.91 Å². The fourth-order valence-electron chi connectivity index (χ4n) is 1.42. The van der Waals surface area contributed by atoms with Crippen molar-refractivity contribution in [1.82, 2.24) is 5.32 Å². The molecule has 0 bridgehead atoms. The second kappa shape index (κ2) is 8.40. The molecule has 6 nitrogen and oxygen atoms in total. The Morgan fingerprint density at radius 3 is 2.85 bits per heavy atom. The summed E-state index contributed by atoms with van der Waals surface area (Å²) in [6, 6.07) is 5.15. The second-order valence-corrected chi connectivity index (χ2v) is 4.55. The third-order valence-corrected chi connectivity index (χ3v) is 2.81. The minimum absolute atomic E-state index is 0.128. The van der Waals surface area contributed by atoms with Crippen molar-refractivity contribution in [1.29, 1.82) is 5.26 Å². The summed E-state index contributed by atoms with van der Waals surface area (Å²) in [5.41, 5.74) is 0.428. The Kier molecular flexibility index (Phi) is 6.84. The number of nitriles is 1. The van der Waals surface area contributed by atoms with Crippen LogP contribution in [-0.4, -0.2) is 37.4 Å². The highest BCUT2D eigenvalue weighted by Gasteiger charge is 2.13. The Bertz CT molecular complexity index is 514. The van der Waals surface area contributed by atoms with Gasteiger partial charge in [-0.1, -0.05) is 0 Å². The molecule has 0 radical (unpaired) electrons. The van der Waals surface area contributed by atoms with Gasteiger partial charge >= 0.3 is 0 Å². The predicted octanol–water partition coefficient (Wildman–Crippen LogP) is 1.21. The number of carbonyl (C=O) groups excluding carboxylic acids is 1. The number of carbonyl (C=O) groups is 1. The number of hydrogen-bond acceptors (Lipinski definition) is 5. The van der Waals surface area contributed by atoms with E-state index in [1.54, 1.807) is 12.1 Å². The monoisotopic (exact) mass is 342 g/mol. The molecule has 0 aromatic heterocycles. The molecule has 2 N–H and O–H groups in total. The summed E-state index contributed by atoms with van der Waals surface area (Å²) in [5.74, 6) is 0.413. The first-order valence-electron chi connectivity index (χ1n) is 5.99. The average Bonchev–Trinajstić information content (AvgIpc) is 2.44. The van der Waals surface area contributed by atoms with Gasteiger partial charge in [-0.2, -0.15) is 5.26 Å². The maximum Gasteiger partial charge on any atom is 0.258 e. The first-order valence-corrected chi connectivity index (χ1v) is 6.78. The van der Waals surface area contributed by atoms with Crippen molar-refractivity contribution in [2.45, 2.75) is 6.92 Å². The first kappa shape index (κ1) is 16.3. The maximum atomic E-state index is 11.4. The van der Waals surface area contributed by atoms with Gasteiger partial charge in [0, 0.05) is 12.6 Å². The Morgan fingerprint density at radius 2 is 2.25 bits per heavy atom. The molecule has 1 aromatic rings. The van der Waals surface area contributed by atoms with E-state index < -0.39 is 0 Å². The van der Waals surface area contributed by atoms with Crippen LogP contribution < -0.4 is 14.8 Å². The molecular formula is C13H15BrN2O4. The van der Waals surface area contributed by atoms with Crippen molar-refractivity contribution < 1.29 is 19.4 Å². The molecule has 20 heavy (non-hydrogen) atoms. The molecule has 7 heteroatoms. The largest absolute Gasteiger partial charge is 0.490 e. The topological polar surface area (TPSA) is 91.6 Å². The quantitative estimate of drug-likeness (QED) is 0.776. The van der Waals surface area contributed by atoms with Crippen molar-refractivity contribution >= 4 is 21.8 Å². The molecule has 0 aliphatic carbocycles. The van der Waals surface area contributed by atoms with Crippen LogP contribution in [0.5, 0.6) is 11.5 Å². The standard InChI is InChI=1S/C13H15BrN2O4/c1-2-19-11-6-9(7-15)5-10(14)13(11)20-8-12(18)16-3-4-17/h5-6,17H,2-4,8H2,1H3,(H,16,18). The highest BCUT2D eigenvalue weighted by molar-refractivity contribution is 9.10. The summed E-state index contributed by atoms with van der Waals surface area (Å²) in [4.78, 5) is 11.4. The molecule has 1 amide bonds. The van der Waals surface area contributed by atoms with Gasteiger partial charge in [-0.15, -0.1) is 0 Å². The van der Waals surface area contributed by atoms with Crippen LogP contribution in [0.25, 0.3) is 0 Å². The number of rotatable bonds is 7. The van der Waals surface area contributed by atoms with Crippen LogP contribution in [0.2, 0.25) is 0 Å². The molecule has 0 saturated heterocycles. The number of nitrogens with one attached hydrogen (secondary N) is 1. The first-order chi connectivity index (χ1) is 9.62. The molecule has 0 fully saturated rings. The van der Waals surface area contributed by atoms with Gasteiger partial charge in [0.2, 0.25) is 0 Å². The van der Waals surface area contributed by atoms with E-state index in [0.717, 1.165) is 0 Å². The van der Waals surface area contributed by atoms with E-state index in [2.05, 4.69) is 21.2 Å². The number of ether oxygens (including phenoxy) is 2.